The number of nitrogens with two attached hydrogens (primary N) is 1. The molecule has 1 saturated heterocycles. The first-order valence-corrected chi connectivity index (χ1v) is 6.39. The second kappa shape index (κ2) is 5.30. The molecule has 1 aromatic rings. The number of nitrogens with one attached hydrogen (secondary N) is 1. The molecule has 0 radical (unpaired) electrons. The highest BCUT2D eigenvalue weighted by atomic mass is 35.5. The molecule has 2 rings (SSSR count). The van der Waals surface area contributed by atoms with Gasteiger partial charge in [0.2, 0.25) is 0 Å². The molecule has 1 aromatic carbocycles. The van der Waals surface area contributed by atoms with Crippen molar-refractivity contribution in [3.8, 4) is 0 Å². The molecule has 1 aliphatic heterocycles. The summed E-state index contributed by atoms with van der Waals surface area (Å²) in [6.07, 6.45) is 0. The van der Waals surface area contributed by atoms with Crippen LogP contribution >= 0.6 is 11.6 Å². The zero-order valence-corrected chi connectivity index (χ0v) is 11.6. The average molecular weight is 299 g/mol. The Labute approximate surface area is 120 Å². The number of anilines is 1. The molecule has 2 atom stereocenters. The minimum absolute atomic E-state index is 0.0655. The van der Waals surface area contributed by atoms with Crippen LogP contribution in [0.5, 0.6) is 0 Å². The number of hydrogen-bond acceptors (Lipinski definition) is 4. The van der Waals surface area contributed by atoms with Crippen molar-refractivity contribution in [3.63, 3.8) is 0 Å². The van der Waals surface area contributed by atoms with Crippen molar-refractivity contribution in [1.82, 2.24) is 5.32 Å². The molecule has 1 heterocycles. The van der Waals surface area contributed by atoms with Crippen LogP contribution in [0, 0.1) is 5.41 Å². The van der Waals surface area contributed by atoms with E-state index in [2.05, 4.69) is 5.32 Å². The van der Waals surface area contributed by atoms with E-state index in [1.165, 1.54) is 18.2 Å². The van der Waals surface area contributed by atoms with Crippen LogP contribution in [0.3, 0.4) is 0 Å². The van der Waals surface area contributed by atoms with Crippen molar-refractivity contribution in [3.05, 3.63) is 28.8 Å². The summed E-state index contributed by atoms with van der Waals surface area (Å²) in [5, 5.41) is 12.3. The SMILES string of the molecule is CC1(C(=O)O)COCC1NC(=O)c1ccc(Cl)c(N)c1. The monoisotopic (exact) mass is 298 g/mol. The molecule has 7 heteroatoms. The molecule has 0 bridgehead atoms. The molecule has 20 heavy (non-hydrogen) atoms. The first-order valence-electron chi connectivity index (χ1n) is 6.01. The summed E-state index contributed by atoms with van der Waals surface area (Å²) in [6.45, 7) is 1.77. The molecular formula is C13H15ClN2O4. The Morgan fingerprint density at radius 3 is 2.85 bits per heavy atom. The van der Waals surface area contributed by atoms with Crippen LogP contribution in [0.1, 0.15) is 17.3 Å². The van der Waals surface area contributed by atoms with Crippen LogP contribution in [0.25, 0.3) is 0 Å². The zero-order chi connectivity index (χ0) is 14.9. The number of carbonyl (C=O) groups is 2. The van der Waals surface area contributed by atoms with Crippen molar-refractivity contribution < 1.29 is 19.4 Å². The Balaban J connectivity index is 2.15. The molecule has 0 saturated carbocycles. The van der Waals surface area contributed by atoms with E-state index in [0.29, 0.717) is 16.3 Å². The number of hydrogen-bond donors (Lipinski definition) is 3. The Hall–Kier alpha value is -1.79. The second-order valence-corrected chi connectivity index (χ2v) is 5.41. The van der Waals surface area contributed by atoms with Crippen molar-refractivity contribution in [2.45, 2.75) is 13.0 Å². The van der Waals surface area contributed by atoms with E-state index in [4.69, 9.17) is 22.1 Å². The molecule has 1 aliphatic rings. The fourth-order valence-corrected chi connectivity index (χ4v) is 2.13. The van der Waals surface area contributed by atoms with Gasteiger partial charge in [0, 0.05) is 5.56 Å². The number of halogens is 1. The predicted octanol–water partition coefficient (Wildman–Crippen LogP) is 1.14. The normalized spacial score (nSPS) is 25.4. The number of carboxylic acids is 1. The number of carbonyl (C=O) groups excluding carboxylic acids is 1. The quantitative estimate of drug-likeness (QED) is 0.726. The number of amides is 1. The van der Waals surface area contributed by atoms with Gasteiger partial charge in [0.1, 0.15) is 5.41 Å². The summed E-state index contributed by atoms with van der Waals surface area (Å²) in [4.78, 5) is 23.4. The predicted molar refractivity (Wildman–Crippen MR) is 73.7 cm³/mol. The molecule has 2 unspecified atom stereocenters. The van der Waals surface area contributed by atoms with Gasteiger partial charge in [-0.3, -0.25) is 9.59 Å². The molecule has 0 spiro atoms. The van der Waals surface area contributed by atoms with Crippen LogP contribution in [0.2, 0.25) is 5.02 Å². The van der Waals surface area contributed by atoms with Gasteiger partial charge in [-0.25, -0.2) is 0 Å². The maximum atomic E-state index is 12.1. The van der Waals surface area contributed by atoms with Gasteiger partial charge in [-0.05, 0) is 25.1 Å². The molecule has 4 N–H and O–H groups in total. The summed E-state index contributed by atoms with van der Waals surface area (Å²) in [5.74, 6) is -1.41. The Kier molecular flexibility index (Phi) is 3.87. The lowest BCUT2D eigenvalue weighted by molar-refractivity contribution is -0.148. The standard InChI is InChI=1S/C13H15ClN2O4/c1-13(12(18)19)6-20-5-10(13)16-11(17)7-2-3-8(14)9(15)4-7/h2-4,10H,5-6,15H2,1H3,(H,16,17)(H,18,19). The Morgan fingerprint density at radius 2 is 2.25 bits per heavy atom. The second-order valence-electron chi connectivity index (χ2n) is 5.00. The molecule has 1 amide bonds. The van der Waals surface area contributed by atoms with E-state index >= 15 is 0 Å². The topological polar surface area (TPSA) is 102 Å². The highest BCUT2D eigenvalue weighted by molar-refractivity contribution is 6.33. The number of benzene rings is 1. The molecule has 1 fully saturated rings. The zero-order valence-electron chi connectivity index (χ0n) is 10.9. The number of aliphatic carboxylic acids is 1. The fraction of sp³-hybridized carbons (Fsp3) is 0.385. The van der Waals surface area contributed by atoms with Gasteiger partial charge >= 0.3 is 5.97 Å². The third-order valence-corrected chi connectivity index (χ3v) is 3.85. The van der Waals surface area contributed by atoms with E-state index in [0.717, 1.165) is 0 Å². The van der Waals surface area contributed by atoms with Crippen LogP contribution < -0.4 is 11.1 Å². The van der Waals surface area contributed by atoms with Crippen LogP contribution in [-0.2, 0) is 9.53 Å². The van der Waals surface area contributed by atoms with Gasteiger partial charge in [-0.1, -0.05) is 11.6 Å². The van der Waals surface area contributed by atoms with Crippen LogP contribution in [0.15, 0.2) is 18.2 Å². The Bertz CT molecular complexity index is 563. The Morgan fingerprint density at radius 1 is 1.55 bits per heavy atom. The first-order chi connectivity index (χ1) is 9.34. The van der Waals surface area contributed by atoms with E-state index in [-0.39, 0.29) is 13.2 Å². The van der Waals surface area contributed by atoms with Gasteiger partial charge in [-0.15, -0.1) is 0 Å². The summed E-state index contributed by atoms with van der Waals surface area (Å²) in [7, 11) is 0. The highest BCUT2D eigenvalue weighted by Crippen LogP contribution is 2.29. The third kappa shape index (κ3) is 2.57. The number of carboxylic acid groups (broad SMARTS) is 1. The van der Waals surface area contributed by atoms with Gasteiger partial charge < -0.3 is 20.9 Å². The van der Waals surface area contributed by atoms with Crippen molar-refractivity contribution >= 4 is 29.2 Å². The lowest BCUT2D eigenvalue weighted by Crippen LogP contribution is -2.49. The van der Waals surface area contributed by atoms with Gasteiger partial charge in [0.05, 0.1) is 30.0 Å². The van der Waals surface area contributed by atoms with E-state index in [1.54, 1.807) is 6.92 Å². The van der Waals surface area contributed by atoms with E-state index in [9.17, 15) is 14.7 Å². The summed E-state index contributed by atoms with van der Waals surface area (Å²) in [6, 6.07) is 3.91. The summed E-state index contributed by atoms with van der Waals surface area (Å²) >= 11 is 5.79. The van der Waals surface area contributed by atoms with Crippen molar-refractivity contribution in [1.29, 1.82) is 0 Å². The van der Waals surface area contributed by atoms with Crippen molar-refractivity contribution in [2.75, 3.05) is 18.9 Å². The number of ether oxygens (including phenoxy) is 1. The minimum atomic E-state index is -1.13. The summed E-state index contributed by atoms with van der Waals surface area (Å²) < 4.78 is 5.17. The van der Waals surface area contributed by atoms with Gasteiger partial charge in [0.15, 0.2) is 0 Å². The molecular weight excluding hydrogens is 284 g/mol. The van der Waals surface area contributed by atoms with Gasteiger partial charge in [-0.2, -0.15) is 0 Å². The molecule has 108 valence electrons. The lowest BCUT2D eigenvalue weighted by atomic mass is 9.85. The minimum Gasteiger partial charge on any atom is -0.481 e. The lowest BCUT2D eigenvalue weighted by Gasteiger charge is -2.25. The number of nitrogen functional groups attached to an aromatic ring is 1. The maximum Gasteiger partial charge on any atom is 0.313 e. The van der Waals surface area contributed by atoms with Crippen LogP contribution in [0.4, 0.5) is 5.69 Å². The van der Waals surface area contributed by atoms with Crippen LogP contribution in [-0.4, -0.2) is 36.2 Å². The smallest absolute Gasteiger partial charge is 0.313 e. The van der Waals surface area contributed by atoms with Gasteiger partial charge in [0.25, 0.3) is 5.91 Å². The van der Waals surface area contributed by atoms with E-state index in [1.807, 2.05) is 0 Å². The fourth-order valence-electron chi connectivity index (χ4n) is 2.01. The molecule has 6 nitrogen and oxygen atoms in total. The number of rotatable bonds is 3. The molecule has 0 aromatic heterocycles. The van der Waals surface area contributed by atoms with Crippen molar-refractivity contribution in [2.24, 2.45) is 5.41 Å². The largest absolute Gasteiger partial charge is 0.481 e. The molecule has 0 aliphatic carbocycles. The third-order valence-electron chi connectivity index (χ3n) is 3.51. The summed E-state index contributed by atoms with van der Waals surface area (Å²) in [5.41, 5.74) is 5.13. The van der Waals surface area contributed by atoms with E-state index < -0.39 is 23.3 Å². The first kappa shape index (κ1) is 14.6. The highest BCUT2D eigenvalue weighted by Gasteiger charge is 2.47. The average Bonchev–Trinajstić information content (AvgIpc) is 2.75. The maximum absolute atomic E-state index is 12.1.